The van der Waals surface area contributed by atoms with E-state index in [-0.39, 0.29) is 22.0 Å². The number of fused-ring (bicyclic) bond motifs is 3. The minimum absolute atomic E-state index is 0.227. The van der Waals surface area contributed by atoms with Gasteiger partial charge in [-0.05, 0) is 48.5 Å². The molecule has 5 nitrogen and oxygen atoms in total. The van der Waals surface area contributed by atoms with Crippen molar-refractivity contribution in [2.75, 3.05) is 11.2 Å². The smallest absolute Gasteiger partial charge is 0.282 e. The van der Waals surface area contributed by atoms with Crippen LogP contribution in [0.15, 0.2) is 35.1 Å². The van der Waals surface area contributed by atoms with Crippen molar-refractivity contribution in [1.82, 2.24) is 9.66 Å². The van der Waals surface area contributed by atoms with Gasteiger partial charge in [-0.3, -0.25) is 15.0 Å². The normalized spacial score (nSPS) is 16.1. The molecule has 3 aromatic rings. The van der Waals surface area contributed by atoms with Crippen LogP contribution >= 0.6 is 35.3 Å². The Morgan fingerprint density at radius 2 is 2.18 bits per heavy atom. The number of H-pyrrole nitrogens is 1. The van der Waals surface area contributed by atoms with E-state index < -0.39 is 0 Å². The fourth-order valence-electron chi connectivity index (χ4n) is 3.52. The van der Waals surface area contributed by atoms with Crippen LogP contribution in [0.5, 0.6) is 0 Å². The van der Waals surface area contributed by atoms with Gasteiger partial charge in [-0.15, -0.1) is 23.1 Å². The number of aryl methyl sites for hydroxylation is 1. The summed E-state index contributed by atoms with van der Waals surface area (Å²) < 4.78 is 1.42. The monoisotopic (exact) mass is 431 g/mol. The fraction of sp³-hybridized carbons (Fsp3) is 0.350. The molecule has 1 aliphatic carbocycles. The second-order valence-corrected chi connectivity index (χ2v) is 9.62. The molecule has 2 aromatic heterocycles. The summed E-state index contributed by atoms with van der Waals surface area (Å²) in [6.45, 7) is 2.24. The van der Waals surface area contributed by atoms with Crippen molar-refractivity contribution in [3.05, 3.63) is 61.5 Å². The zero-order valence-corrected chi connectivity index (χ0v) is 17.9. The molecule has 8 heteroatoms. The van der Waals surface area contributed by atoms with Crippen LogP contribution in [0.3, 0.4) is 0 Å². The van der Waals surface area contributed by atoms with Gasteiger partial charge in [-0.1, -0.05) is 37.3 Å². The van der Waals surface area contributed by atoms with E-state index in [1.165, 1.54) is 21.3 Å². The molecule has 0 unspecified atom stereocenters. The molecule has 0 aliphatic heterocycles. The third-order valence-corrected chi connectivity index (χ3v) is 7.39. The average molecular weight is 432 g/mol. The Kier molecular flexibility index (Phi) is 5.70. The highest BCUT2D eigenvalue weighted by molar-refractivity contribution is 7.99. The first-order chi connectivity index (χ1) is 13.5. The molecular formula is C20H21N3O2S3. The summed E-state index contributed by atoms with van der Waals surface area (Å²) in [7, 11) is 0. The van der Waals surface area contributed by atoms with Gasteiger partial charge in [-0.2, -0.15) is 4.68 Å². The van der Waals surface area contributed by atoms with E-state index in [2.05, 4.69) is 17.3 Å². The van der Waals surface area contributed by atoms with Crippen molar-refractivity contribution in [3.63, 3.8) is 0 Å². The van der Waals surface area contributed by atoms with E-state index in [0.717, 1.165) is 41.0 Å². The topological polar surface area (TPSA) is 66.9 Å². The van der Waals surface area contributed by atoms with Crippen LogP contribution in [0.4, 0.5) is 0 Å². The highest BCUT2D eigenvalue weighted by Gasteiger charge is 2.23. The molecule has 0 fully saturated rings. The number of nitrogens with zero attached hydrogens (tertiary/aromatic N) is 1. The standard InChI is InChI=1S/C20H21N3O2S3/c1-12-7-8-14-15(9-12)28-18-17(14)19(25)23(20(26)21-18)22-16(24)11-27-10-13-5-3-2-4-6-13/h2-6,12H,7-11H2,1H3,(H,21,26)(H,22,24)/t12-/m1/s1. The highest BCUT2D eigenvalue weighted by Crippen LogP contribution is 2.35. The number of carbonyl (C=O) groups is 1. The maximum Gasteiger partial charge on any atom is 0.282 e. The van der Waals surface area contributed by atoms with Crippen LogP contribution in [0.1, 0.15) is 29.3 Å². The van der Waals surface area contributed by atoms with Crippen molar-refractivity contribution in [2.24, 2.45) is 5.92 Å². The molecule has 2 N–H and O–H groups in total. The lowest BCUT2D eigenvalue weighted by Crippen LogP contribution is -2.35. The minimum Gasteiger partial charge on any atom is -0.322 e. The van der Waals surface area contributed by atoms with Gasteiger partial charge in [-0.25, -0.2) is 0 Å². The van der Waals surface area contributed by atoms with E-state index in [9.17, 15) is 9.59 Å². The minimum atomic E-state index is -0.236. The summed E-state index contributed by atoms with van der Waals surface area (Å²) in [5.41, 5.74) is 4.73. The van der Waals surface area contributed by atoms with Gasteiger partial charge in [0.25, 0.3) is 5.56 Å². The van der Waals surface area contributed by atoms with Crippen LogP contribution in [0, 0.1) is 10.7 Å². The number of aromatic nitrogens is 2. The van der Waals surface area contributed by atoms with Crippen LogP contribution in [0.2, 0.25) is 0 Å². The quantitative estimate of drug-likeness (QED) is 0.593. The predicted molar refractivity (Wildman–Crippen MR) is 119 cm³/mol. The van der Waals surface area contributed by atoms with Gasteiger partial charge in [0.1, 0.15) is 4.83 Å². The zero-order chi connectivity index (χ0) is 19.7. The largest absolute Gasteiger partial charge is 0.322 e. The first kappa shape index (κ1) is 19.4. The lowest BCUT2D eigenvalue weighted by Gasteiger charge is -2.17. The Bertz CT molecular complexity index is 1130. The summed E-state index contributed by atoms with van der Waals surface area (Å²) >= 11 is 8.45. The summed E-state index contributed by atoms with van der Waals surface area (Å²) in [5.74, 6) is 1.39. The zero-order valence-electron chi connectivity index (χ0n) is 15.5. The van der Waals surface area contributed by atoms with Crippen molar-refractivity contribution >= 4 is 51.4 Å². The Hall–Kier alpha value is -1.90. The molecule has 4 rings (SSSR count). The second kappa shape index (κ2) is 8.23. The molecule has 0 bridgehead atoms. The molecule has 1 aromatic carbocycles. The molecule has 146 valence electrons. The number of carbonyl (C=O) groups excluding carboxylic acids is 1. The van der Waals surface area contributed by atoms with Crippen molar-refractivity contribution in [3.8, 4) is 0 Å². The van der Waals surface area contributed by atoms with E-state index in [0.29, 0.717) is 11.3 Å². The van der Waals surface area contributed by atoms with Crippen LogP contribution in [0.25, 0.3) is 10.2 Å². The molecule has 0 saturated heterocycles. The molecule has 1 amide bonds. The number of hydrogen-bond acceptors (Lipinski definition) is 5. The fourth-order valence-corrected chi connectivity index (χ4v) is 5.99. The van der Waals surface area contributed by atoms with Gasteiger partial charge >= 0.3 is 0 Å². The van der Waals surface area contributed by atoms with E-state index in [1.54, 1.807) is 11.3 Å². The lowest BCUT2D eigenvalue weighted by atomic mass is 9.89. The molecule has 0 radical (unpaired) electrons. The van der Waals surface area contributed by atoms with Crippen molar-refractivity contribution in [1.29, 1.82) is 0 Å². The van der Waals surface area contributed by atoms with E-state index in [4.69, 9.17) is 12.2 Å². The molecule has 1 atom stereocenters. The number of hydrogen-bond donors (Lipinski definition) is 2. The number of rotatable bonds is 5. The third-order valence-electron chi connectivity index (χ3n) is 4.93. The van der Waals surface area contributed by atoms with Crippen LogP contribution in [-0.4, -0.2) is 21.3 Å². The van der Waals surface area contributed by atoms with E-state index >= 15 is 0 Å². The summed E-state index contributed by atoms with van der Waals surface area (Å²) in [4.78, 5) is 30.6. The number of nitrogens with one attached hydrogen (secondary N) is 2. The maximum absolute atomic E-state index is 13.1. The Morgan fingerprint density at radius 1 is 1.39 bits per heavy atom. The molecule has 0 saturated carbocycles. The van der Waals surface area contributed by atoms with Gasteiger partial charge in [0.15, 0.2) is 0 Å². The highest BCUT2D eigenvalue weighted by atomic mass is 32.2. The number of benzene rings is 1. The van der Waals surface area contributed by atoms with Gasteiger partial charge in [0.05, 0.1) is 11.1 Å². The van der Waals surface area contributed by atoms with Gasteiger partial charge in [0.2, 0.25) is 10.7 Å². The van der Waals surface area contributed by atoms with Gasteiger partial charge < -0.3 is 4.98 Å². The number of aromatic amines is 1. The Morgan fingerprint density at radius 3 is 2.96 bits per heavy atom. The molecule has 0 spiro atoms. The first-order valence-electron chi connectivity index (χ1n) is 9.24. The summed E-state index contributed by atoms with van der Waals surface area (Å²) in [5, 5.41) is 0.678. The summed E-state index contributed by atoms with van der Waals surface area (Å²) in [6, 6.07) is 9.98. The molecular weight excluding hydrogens is 410 g/mol. The van der Waals surface area contributed by atoms with Crippen LogP contribution in [-0.2, 0) is 23.4 Å². The molecule has 2 heterocycles. The molecule has 28 heavy (non-hydrogen) atoms. The Labute approximate surface area is 176 Å². The number of thioether (sulfide) groups is 1. The van der Waals surface area contributed by atoms with Gasteiger partial charge in [0, 0.05) is 10.6 Å². The van der Waals surface area contributed by atoms with E-state index in [1.807, 2.05) is 30.3 Å². The first-order valence-corrected chi connectivity index (χ1v) is 11.6. The number of thiophene rings is 1. The Balaban J connectivity index is 1.53. The maximum atomic E-state index is 13.1. The third kappa shape index (κ3) is 3.94. The molecule has 1 aliphatic rings. The van der Waals surface area contributed by atoms with Crippen molar-refractivity contribution in [2.45, 2.75) is 31.9 Å². The van der Waals surface area contributed by atoms with Crippen LogP contribution < -0.4 is 11.0 Å². The predicted octanol–water partition coefficient (Wildman–Crippen LogP) is 4.25. The lowest BCUT2D eigenvalue weighted by molar-refractivity contribution is -0.114. The van der Waals surface area contributed by atoms with Crippen molar-refractivity contribution < 1.29 is 4.79 Å². The second-order valence-electron chi connectivity index (χ2n) is 7.14. The number of amides is 1. The summed E-state index contributed by atoms with van der Waals surface area (Å²) in [6.07, 6.45) is 2.98. The average Bonchev–Trinajstić information content (AvgIpc) is 3.03. The SMILES string of the molecule is C[C@@H]1CCc2c(sc3[nH]c(=S)n(NC(=O)CSCc4ccccc4)c(=O)c23)C1.